The SMILES string of the molecule is COC(=O)c1ccc(NC(=S)NC(=O)C=Cc2ccc(C)cc2)cc1. The molecule has 5 nitrogen and oxygen atoms in total. The molecule has 0 spiro atoms. The first-order chi connectivity index (χ1) is 12.0. The summed E-state index contributed by atoms with van der Waals surface area (Å²) in [6, 6.07) is 14.4. The lowest BCUT2D eigenvalue weighted by atomic mass is 10.1. The molecule has 2 aromatic rings. The smallest absolute Gasteiger partial charge is 0.337 e. The summed E-state index contributed by atoms with van der Waals surface area (Å²) in [5, 5.41) is 5.61. The molecule has 2 aromatic carbocycles. The van der Waals surface area contributed by atoms with E-state index in [-0.39, 0.29) is 11.0 Å². The molecule has 0 heterocycles. The number of carbonyl (C=O) groups is 2. The minimum atomic E-state index is -0.413. The van der Waals surface area contributed by atoms with Crippen LogP contribution in [0.4, 0.5) is 5.69 Å². The lowest BCUT2D eigenvalue weighted by Gasteiger charge is -2.08. The number of benzene rings is 2. The van der Waals surface area contributed by atoms with Gasteiger partial charge < -0.3 is 10.1 Å². The second-order valence-electron chi connectivity index (χ2n) is 5.26. The van der Waals surface area contributed by atoms with Crippen molar-refractivity contribution in [3.05, 3.63) is 71.3 Å². The van der Waals surface area contributed by atoms with E-state index in [1.54, 1.807) is 30.3 Å². The van der Waals surface area contributed by atoms with Gasteiger partial charge in [0.25, 0.3) is 0 Å². The van der Waals surface area contributed by atoms with Crippen molar-refractivity contribution in [3.63, 3.8) is 0 Å². The third kappa shape index (κ3) is 5.86. The largest absolute Gasteiger partial charge is 0.465 e. The molecule has 0 aromatic heterocycles. The summed E-state index contributed by atoms with van der Waals surface area (Å²) >= 11 is 5.10. The average molecular weight is 354 g/mol. The lowest BCUT2D eigenvalue weighted by Crippen LogP contribution is -2.32. The predicted octanol–water partition coefficient (Wildman–Crippen LogP) is 3.31. The molecule has 0 saturated heterocycles. The Morgan fingerprint density at radius 1 is 1.04 bits per heavy atom. The van der Waals surface area contributed by atoms with Crippen LogP contribution < -0.4 is 10.6 Å². The molecule has 128 valence electrons. The molecular weight excluding hydrogens is 336 g/mol. The van der Waals surface area contributed by atoms with Crippen LogP contribution in [-0.4, -0.2) is 24.1 Å². The van der Waals surface area contributed by atoms with Crippen molar-refractivity contribution in [2.75, 3.05) is 12.4 Å². The number of ether oxygens (including phenoxy) is 1. The lowest BCUT2D eigenvalue weighted by molar-refractivity contribution is -0.115. The van der Waals surface area contributed by atoms with E-state index in [1.165, 1.54) is 13.2 Å². The van der Waals surface area contributed by atoms with Gasteiger partial charge in [-0.3, -0.25) is 10.1 Å². The first-order valence-electron chi connectivity index (χ1n) is 7.53. The van der Waals surface area contributed by atoms with E-state index in [1.807, 2.05) is 31.2 Å². The van der Waals surface area contributed by atoms with Crippen molar-refractivity contribution in [3.8, 4) is 0 Å². The Kier molecular flexibility index (Phi) is 6.42. The van der Waals surface area contributed by atoms with Crippen LogP contribution in [0.3, 0.4) is 0 Å². The minimum absolute atomic E-state index is 0.171. The van der Waals surface area contributed by atoms with Crippen molar-refractivity contribution >= 4 is 41.0 Å². The van der Waals surface area contributed by atoms with Gasteiger partial charge in [-0.15, -0.1) is 0 Å². The molecule has 0 fully saturated rings. The van der Waals surface area contributed by atoms with Crippen LogP contribution in [0.5, 0.6) is 0 Å². The number of thiocarbonyl (C=S) groups is 1. The maximum absolute atomic E-state index is 11.9. The van der Waals surface area contributed by atoms with Gasteiger partial charge in [0, 0.05) is 11.8 Å². The number of methoxy groups -OCH3 is 1. The number of carbonyl (C=O) groups excluding carboxylic acids is 2. The molecule has 1 amide bonds. The molecule has 2 N–H and O–H groups in total. The van der Waals surface area contributed by atoms with E-state index in [2.05, 4.69) is 15.4 Å². The van der Waals surface area contributed by atoms with E-state index < -0.39 is 5.97 Å². The van der Waals surface area contributed by atoms with Crippen LogP contribution in [-0.2, 0) is 9.53 Å². The molecule has 0 unspecified atom stereocenters. The van der Waals surface area contributed by atoms with Crippen LogP contribution in [0.15, 0.2) is 54.6 Å². The highest BCUT2D eigenvalue weighted by Gasteiger charge is 2.06. The zero-order valence-electron chi connectivity index (χ0n) is 13.9. The second kappa shape index (κ2) is 8.75. The Balaban J connectivity index is 1.87. The maximum atomic E-state index is 11.9. The molecule has 2 rings (SSSR count). The molecule has 0 aliphatic rings. The van der Waals surface area contributed by atoms with E-state index in [0.717, 1.165) is 11.1 Å². The van der Waals surface area contributed by atoms with E-state index in [4.69, 9.17) is 12.2 Å². The third-order valence-corrected chi connectivity index (χ3v) is 3.51. The molecule has 0 atom stereocenters. The highest BCUT2D eigenvalue weighted by Crippen LogP contribution is 2.10. The number of amides is 1. The fourth-order valence-corrected chi connectivity index (χ4v) is 2.19. The monoisotopic (exact) mass is 354 g/mol. The number of anilines is 1. The maximum Gasteiger partial charge on any atom is 0.337 e. The van der Waals surface area contributed by atoms with Gasteiger partial charge >= 0.3 is 5.97 Å². The van der Waals surface area contributed by atoms with E-state index >= 15 is 0 Å². The van der Waals surface area contributed by atoms with Gasteiger partial charge in [-0.25, -0.2) is 4.79 Å². The Labute approximate surface area is 151 Å². The summed E-state index contributed by atoms with van der Waals surface area (Å²) < 4.78 is 4.63. The van der Waals surface area contributed by atoms with Gasteiger partial charge in [0.05, 0.1) is 12.7 Å². The number of aryl methyl sites for hydroxylation is 1. The molecule has 0 aliphatic carbocycles. The molecule has 25 heavy (non-hydrogen) atoms. The Morgan fingerprint density at radius 3 is 2.28 bits per heavy atom. The first kappa shape index (κ1) is 18.4. The highest BCUT2D eigenvalue weighted by molar-refractivity contribution is 7.80. The zero-order valence-corrected chi connectivity index (χ0v) is 14.7. The molecule has 6 heteroatoms. The van der Waals surface area contributed by atoms with Gasteiger partial charge in [-0.2, -0.15) is 0 Å². The summed E-state index contributed by atoms with van der Waals surface area (Å²) in [5.74, 6) is -0.743. The third-order valence-electron chi connectivity index (χ3n) is 3.31. The van der Waals surface area contributed by atoms with Crippen LogP contribution >= 0.6 is 12.2 Å². The Morgan fingerprint density at radius 2 is 1.68 bits per heavy atom. The van der Waals surface area contributed by atoms with Gasteiger partial charge in [0.2, 0.25) is 5.91 Å². The topological polar surface area (TPSA) is 67.4 Å². The number of esters is 1. The summed E-state index contributed by atoms with van der Waals surface area (Å²) in [5.41, 5.74) is 3.17. The molecule has 0 bridgehead atoms. The van der Waals surface area contributed by atoms with Crippen LogP contribution in [0.1, 0.15) is 21.5 Å². The Hall–Kier alpha value is -2.99. The van der Waals surface area contributed by atoms with Gasteiger partial charge in [-0.05, 0) is 55.0 Å². The molecular formula is C19H18N2O3S. The normalized spacial score (nSPS) is 10.3. The summed E-state index contributed by atoms with van der Waals surface area (Å²) in [6.45, 7) is 2.00. The van der Waals surface area contributed by atoms with Crippen molar-refractivity contribution in [2.24, 2.45) is 0 Å². The fourth-order valence-electron chi connectivity index (χ4n) is 1.97. The van der Waals surface area contributed by atoms with Gasteiger partial charge in [-0.1, -0.05) is 29.8 Å². The number of hydrogen-bond acceptors (Lipinski definition) is 4. The van der Waals surface area contributed by atoms with Crippen molar-refractivity contribution < 1.29 is 14.3 Å². The van der Waals surface area contributed by atoms with Gasteiger partial charge in [0.15, 0.2) is 5.11 Å². The quantitative estimate of drug-likeness (QED) is 0.501. The van der Waals surface area contributed by atoms with Crippen LogP contribution in [0, 0.1) is 6.92 Å². The van der Waals surface area contributed by atoms with Crippen molar-refractivity contribution in [2.45, 2.75) is 6.92 Å². The highest BCUT2D eigenvalue weighted by atomic mass is 32.1. The Bertz CT molecular complexity index is 796. The van der Waals surface area contributed by atoms with Crippen molar-refractivity contribution in [1.82, 2.24) is 5.32 Å². The van der Waals surface area contributed by atoms with E-state index in [9.17, 15) is 9.59 Å². The van der Waals surface area contributed by atoms with Gasteiger partial charge in [0.1, 0.15) is 0 Å². The predicted molar refractivity (Wildman–Crippen MR) is 102 cm³/mol. The van der Waals surface area contributed by atoms with Crippen molar-refractivity contribution in [1.29, 1.82) is 0 Å². The number of rotatable bonds is 4. The minimum Gasteiger partial charge on any atom is -0.465 e. The summed E-state index contributed by atoms with van der Waals surface area (Å²) in [7, 11) is 1.32. The summed E-state index contributed by atoms with van der Waals surface area (Å²) in [4.78, 5) is 23.2. The standard InChI is InChI=1S/C19H18N2O3S/c1-13-3-5-14(6-4-13)7-12-17(22)21-19(25)20-16-10-8-15(9-11-16)18(23)24-2/h3-12H,1-2H3,(H2,20,21,22,25). The summed E-state index contributed by atoms with van der Waals surface area (Å²) in [6.07, 6.45) is 3.13. The second-order valence-corrected chi connectivity index (χ2v) is 5.66. The fraction of sp³-hybridized carbons (Fsp3) is 0.105. The molecule has 0 radical (unpaired) electrons. The van der Waals surface area contributed by atoms with E-state index in [0.29, 0.717) is 11.3 Å². The van der Waals surface area contributed by atoms with Crippen LogP contribution in [0.2, 0.25) is 0 Å². The zero-order chi connectivity index (χ0) is 18.2. The average Bonchev–Trinajstić information content (AvgIpc) is 2.61. The first-order valence-corrected chi connectivity index (χ1v) is 7.94. The van der Waals surface area contributed by atoms with Crippen LogP contribution in [0.25, 0.3) is 6.08 Å². The number of nitrogens with one attached hydrogen (secondary N) is 2. The number of hydrogen-bond donors (Lipinski definition) is 2. The molecule has 0 aliphatic heterocycles. The molecule has 0 saturated carbocycles.